The van der Waals surface area contributed by atoms with Gasteiger partial charge in [-0.3, -0.25) is 9.10 Å². The lowest BCUT2D eigenvalue weighted by molar-refractivity contribution is -0.137. The number of rotatable bonds is 9. The summed E-state index contributed by atoms with van der Waals surface area (Å²) in [7, 11) is -3.93. The van der Waals surface area contributed by atoms with Crippen molar-refractivity contribution in [1.29, 1.82) is 0 Å². The summed E-state index contributed by atoms with van der Waals surface area (Å²) in [6.07, 6.45) is -4.71. The predicted octanol–water partition coefficient (Wildman–Crippen LogP) is 7.08. The number of amides is 1. The molecule has 0 saturated heterocycles. The largest absolute Gasteiger partial charge is 0.484 e. The van der Waals surface area contributed by atoms with Gasteiger partial charge in [-0.05, 0) is 67.1 Å². The molecule has 6 nitrogen and oxygen atoms in total. The molecule has 0 aromatic heterocycles. The van der Waals surface area contributed by atoms with E-state index in [1.54, 1.807) is 24.3 Å². The van der Waals surface area contributed by atoms with E-state index >= 15 is 0 Å². The van der Waals surface area contributed by atoms with Crippen LogP contribution in [0.25, 0.3) is 0 Å². The van der Waals surface area contributed by atoms with Gasteiger partial charge in [-0.1, -0.05) is 59.6 Å². The van der Waals surface area contributed by atoms with E-state index in [0.29, 0.717) is 5.69 Å². The highest BCUT2D eigenvalue weighted by atomic mass is 35.5. The molecule has 0 aliphatic carbocycles. The molecule has 4 aromatic rings. The van der Waals surface area contributed by atoms with E-state index in [4.69, 9.17) is 16.3 Å². The van der Waals surface area contributed by atoms with Crippen LogP contribution in [-0.4, -0.2) is 20.9 Å². The van der Waals surface area contributed by atoms with Crippen LogP contribution in [0.15, 0.2) is 102 Å². The van der Waals surface area contributed by atoms with Gasteiger partial charge in [-0.2, -0.15) is 13.2 Å². The highest BCUT2D eigenvalue weighted by Gasteiger charge is 2.34. The number of alkyl halides is 3. The van der Waals surface area contributed by atoms with Crippen molar-refractivity contribution in [3.8, 4) is 5.75 Å². The minimum Gasteiger partial charge on any atom is -0.484 e. The maximum absolute atomic E-state index is 13.6. The first-order chi connectivity index (χ1) is 18.9. The fourth-order valence-corrected chi connectivity index (χ4v) is 5.43. The second-order valence-corrected chi connectivity index (χ2v) is 11.1. The number of carbonyl (C=O) groups is 1. The summed E-state index contributed by atoms with van der Waals surface area (Å²) >= 11 is 5.67. The lowest BCUT2D eigenvalue weighted by Gasteiger charge is -2.25. The molecule has 0 spiro atoms. The van der Waals surface area contributed by atoms with Crippen molar-refractivity contribution in [3.05, 3.63) is 119 Å². The molecule has 0 bridgehead atoms. The molecule has 0 aliphatic rings. The predicted molar refractivity (Wildman–Crippen MR) is 148 cm³/mol. The molecule has 1 N–H and O–H groups in total. The lowest BCUT2D eigenvalue weighted by Crippen LogP contribution is -2.30. The van der Waals surface area contributed by atoms with Crippen molar-refractivity contribution in [2.24, 2.45) is 0 Å². The monoisotopic (exact) mass is 588 g/mol. The number of nitrogens with zero attached hydrogens (tertiary/aromatic N) is 1. The van der Waals surface area contributed by atoms with Gasteiger partial charge < -0.3 is 10.1 Å². The van der Waals surface area contributed by atoms with Crippen LogP contribution < -0.4 is 14.4 Å². The number of nitrogens with one attached hydrogen (secondary N) is 1. The minimum absolute atomic E-state index is 0.0717. The molecule has 0 fully saturated rings. The molecule has 40 heavy (non-hydrogen) atoms. The molecule has 0 aliphatic heterocycles. The van der Waals surface area contributed by atoms with Gasteiger partial charge in [0.1, 0.15) is 5.75 Å². The number of halogens is 4. The number of carbonyl (C=O) groups excluding carboxylic acids is 1. The Bertz CT molecular complexity index is 1580. The van der Waals surface area contributed by atoms with E-state index in [1.807, 2.05) is 37.3 Å². The number of sulfonamides is 1. The third-order valence-electron chi connectivity index (χ3n) is 5.83. The van der Waals surface area contributed by atoms with Gasteiger partial charge in [0.25, 0.3) is 15.9 Å². The Hall–Kier alpha value is -4.02. The topological polar surface area (TPSA) is 75.7 Å². The van der Waals surface area contributed by atoms with Gasteiger partial charge in [0.15, 0.2) is 6.61 Å². The third-order valence-corrected chi connectivity index (χ3v) is 7.86. The Labute approximate surface area is 235 Å². The molecule has 208 valence electrons. The van der Waals surface area contributed by atoms with Crippen LogP contribution >= 0.6 is 11.6 Å². The molecule has 11 heteroatoms. The van der Waals surface area contributed by atoms with Crippen molar-refractivity contribution >= 4 is 38.9 Å². The van der Waals surface area contributed by atoms with Crippen molar-refractivity contribution in [2.75, 3.05) is 16.2 Å². The summed E-state index contributed by atoms with van der Waals surface area (Å²) in [5.74, 6) is -0.594. The summed E-state index contributed by atoms with van der Waals surface area (Å²) in [4.78, 5) is 12.4. The molecular formula is C29H24ClF3N2O4S. The molecular weight excluding hydrogens is 565 g/mol. The average molecular weight is 589 g/mol. The maximum Gasteiger partial charge on any atom is 0.418 e. The Morgan fingerprint density at radius 2 is 1.57 bits per heavy atom. The van der Waals surface area contributed by atoms with Crippen molar-refractivity contribution < 1.29 is 31.1 Å². The Balaban J connectivity index is 1.50. The minimum atomic E-state index is -4.71. The molecule has 4 rings (SSSR count). The van der Waals surface area contributed by atoms with Crippen LogP contribution in [0.3, 0.4) is 0 Å². The summed E-state index contributed by atoms with van der Waals surface area (Å²) in [5, 5.41) is 2.07. The zero-order chi connectivity index (χ0) is 28.9. The lowest BCUT2D eigenvalue weighted by atomic mass is 10.1. The number of ether oxygens (including phenoxy) is 1. The SMILES string of the molecule is Cc1ccc(S(=O)(=O)N(Cc2ccccc2)c2ccc(OCC(=O)Nc3ccc(Cl)cc3C(F)(F)F)cc2)cc1. The van der Waals surface area contributed by atoms with Crippen molar-refractivity contribution in [3.63, 3.8) is 0 Å². The van der Waals surface area contributed by atoms with Gasteiger partial charge in [-0.15, -0.1) is 0 Å². The zero-order valence-electron chi connectivity index (χ0n) is 21.2. The highest BCUT2D eigenvalue weighted by Crippen LogP contribution is 2.36. The fourth-order valence-electron chi connectivity index (χ4n) is 3.81. The van der Waals surface area contributed by atoms with Crippen LogP contribution in [0.2, 0.25) is 5.02 Å². The smallest absolute Gasteiger partial charge is 0.418 e. The molecule has 0 saturated carbocycles. The summed E-state index contributed by atoms with van der Waals surface area (Å²) in [6.45, 7) is 1.36. The second-order valence-electron chi connectivity index (χ2n) is 8.83. The normalized spacial score (nSPS) is 11.6. The van der Waals surface area contributed by atoms with Gasteiger partial charge in [0, 0.05) is 5.02 Å². The zero-order valence-corrected chi connectivity index (χ0v) is 22.7. The van der Waals surface area contributed by atoms with Crippen LogP contribution in [0.5, 0.6) is 5.75 Å². The summed E-state index contributed by atoms with van der Waals surface area (Å²) in [5.41, 5.74) is 0.530. The first kappa shape index (κ1) is 29.0. The molecule has 4 aromatic carbocycles. The number of anilines is 2. The Morgan fingerprint density at radius 1 is 0.925 bits per heavy atom. The highest BCUT2D eigenvalue weighted by molar-refractivity contribution is 7.92. The average Bonchev–Trinajstić information content (AvgIpc) is 2.92. The van der Waals surface area contributed by atoms with Crippen LogP contribution in [0, 0.1) is 6.92 Å². The first-order valence-corrected chi connectivity index (χ1v) is 13.8. The first-order valence-electron chi connectivity index (χ1n) is 12.0. The second kappa shape index (κ2) is 12.0. The summed E-state index contributed by atoms with van der Waals surface area (Å²) in [6, 6.07) is 24.7. The number of benzene rings is 4. The van der Waals surface area contributed by atoms with E-state index in [-0.39, 0.29) is 22.2 Å². The Kier molecular flexibility index (Phi) is 8.70. The molecule has 0 heterocycles. The van der Waals surface area contributed by atoms with Crippen LogP contribution in [-0.2, 0) is 27.5 Å². The van der Waals surface area contributed by atoms with E-state index in [9.17, 15) is 26.4 Å². The van der Waals surface area contributed by atoms with Crippen LogP contribution in [0.4, 0.5) is 24.5 Å². The van der Waals surface area contributed by atoms with Crippen LogP contribution in [0.1, 0.15) is 16.7 Å². The number of aryl methyl sites for hydroxylation is 1. The summed E-state index contributed by atoms with van der Waals surface area (Å²) < 4.78 is 73.8. The maximum atomic E-state index is 13.6. The van der Waals surface area contributed by atoms with Crippen molar-refractivity contribution in [1.82, 2.24) is 0 Å². The van der Waals surface area contributed by atoms with Gasteiger partial charge >= 0.3 is 6.18 Å². The molecule has 1 amide bonds. The quantitative estimate of drug-likeness (QED) is 0.227. The Morgan fingerprint density at radius 3 is 2.20 bits per heavy atom. The number of hydrogen-bond acceptors (Lipinski definition) is 4. The molecule has 0 radical (unpaired) electrons. The van der Waals surface area contributed by atoms with Gasteiger partial charge in [-0.25, -0.2) is 8.42 Å². The van der Waals surface area contributed by atoms with Gasteiger partial charge in [0.2, 0.25) is 0 Å². The molecule has 0 unspecified atom stereocenters. The van der Waals surface area contributed by atoms with Gasteiger partial charge in [0.05, 0.1) is 28.4 Å². The number of hydrogen-bond donors (Lipinski definition) is 1. The van der Waals surface area contributed by atoms with E-state index in [2.05, 4.69) is 5.32 Å². The standard InChI is InChI=1S/C29H24ClF3N2O4S/c1-20-7-14-25(15-8-20)40(37,38)35(18-21-5-3-2-4-6-21)23-10-12-24(13-11-23)39-19-28(36)34-27-16-9-22(30)17-26(27)29(31,32)33/h2-17H,18-19H2,1H3,(H,34,36). The fraction of sp³-hybridized carbons (Fsp3) is 0.138. The van der Waals surface area contributed by atoms with E-state index in [0.717, 1.165) is 23.3 Å². The van der Waals surface area contributed by atoms with E-state index in [1.165, 1.54) is 34.6 Å². The van der Waals surface area contributed by atoms with Crippen molar-refractivity contribution in [2.45, 2.75) is 24.5 Å². The van der Waals surface area contributed by atoms with E-state index < -0.39 is 40.0 Å². The molecule has 0 atom stereocenters. The third kappa shape index (κ3) is 7.13.